The number of rotatable bonds is 4. The van der Waals surface area contributed by atoms with Crippen molar-refractivity contribution >= 4 is 16.7 Å². The van der Waals surface area contributed by atoms with Gasteiger partial charge >= 0.3 is 0 Å². The zero-order valence-corrected chi connectivity index (χ0v) is 11.5. The Morgan fingerprint density at radius 2 is 2.11 bits per heavy atom. The quantitative estimate of drug-likeness (QED) is 0.913. The lowest BCUT2D eigenvalue weighted by molar-refractivity contribution is 0.399. The van der Waals surface area contributed by atoms with Crippen LogP contribution in [0.5, 0.6) is 0 Å². The number of hydrogen-bond acceptors (Lipinski definition) is 3. The number of benzene rings is 1. The molecule has 1 fully saturated rings. The van der Waals surface area contributed by atoms with E-state index >= 15 is 0 Å². The van der Waals surface area contributed by atoms with Crippen molar-refractivity contribution in [2.75, 3.05) is 18.5 Å². The molecule has 0 bridgehead atoms. The summed E-state index contributed by atoms with van der Waals surface area (Å²) in [6.45, 7) is 0.672. The van der Waals surface area contributed by atoms with E-state index in [1.807, 2.05) is 6.07 Å². The molecule has 0 atom stereocenters. The standard InChI is InChI=1S/C16H21N3/c1-19(14-6-4-7-14)16-13(9-10-17)11-12-5-2-3-8-15(12)18-16/h2-3,5,8,11,14H,4,6-7,9-10,17H2,1H3. The van der Waals surface area contributed by atoms with E-state index in [1.165, 1.54) is 30.2 Å². The molecule has 1 aliphatic carbocycles. The summed E-state index contributed by atoms with van der Waals surface area (Å²) in [6, 6.07) is 11.2. The lowest BCUT2D eigenvalue weighted by Crippen LogP contribution is -2.38. The Kier molecular flexibility index (Phi) is 3.38. The van der Waals surface area contributed by atoms with Gasteiger partial charge in [-0.25, -0.2) is 4.98 Å². The van der Waals surface area contributed by atoms with Crippen LogP contribution in [0.3, 0.4) is 0 Å². The highest BCUT2D eigenvalue weighted by molar-refractivity contribution is 5.81. The van der Waals surface area contributed by atoms with Gasteiger partial charge in [0.15, 0.2) is 0 Å². The van der Waals surface area contributed by atoms with Crippen LogP contribution < -0.4 is 10.6 Å². The largest absolute Gasteiger partial charge is 0.356 e. The van der Waals surface area contributed by atoms with Crippen molar-refractivity contribution in [3.05, 3.63) is 35.9 Å². The van der Waals surface area contributed by atoms with Crippen LogP contribution >= 0.6 is 0 Å². The Bertz CT molecular complexity index is 575. The monoisotopic (exact) mass is 255 g/mol. The smallest absolute Gasteiger partial charge is 0.132 e. The Hall–Kier alpha value is -1.61. The zero-order valence-electron chi connectivity index (χ0n) is 11.5. The Morgan fingerprint density at radius 3 is 2.79 bits per heavy atom. The number of hydrogen-bond donors (Lipinski definition) is 1. The molecule has 19 heavy (non-hydrogen) atoms. The minimum Gasteiger partial charge on any atom is -0.356 e. The van der Waals surface area contributed by atoms with Crippen LogP contribution in [-0.2, 0) is 6.42 Å². The summed E-state index contributed by atoms with van der Waals surface area (Å²) in [5, 5.41) is 1.21. The number of fused-ring (bicyclic) bond motifs is 1. The average molecular weight is 255 g/mol. The molecule has 0 saturated heterocycles. The third-order valence-corrected chi connectivity index (χ3v) is 4.15. The summed E-state index contributed by atoms with van der Waals surface area (Å²) in [5.74, 6) is 1.12. The van der Waals surface area contributed by atoms with Crippen molar-refractivity contribution in [2.24, 2.45) is 5.73 Å². The second kappa shape index (κ2) is 5.17. The van der Waals surface area contributed by atoms with Gasteiger partial charge in [-0.15, -0.1) is 0 Å². The Morgan fingerprint density at radius 1 is 1.32 bits per heavy atom. The first-order valence-electron chi connectivity index (χ1n) is 7.11. The molecular formula is C16H21N3. The zero-order chi connectivity index (χ0) is 13.2. The van der Waals surface area contributed by atoms with Crippen LogP contribution in [0.15, 0.2) is 30.3 Å². The van der Waals surface area contributed by atoms with Gasteiger partial charge in [-0.2, -0.15) is 0 Å². The molecule has 1 aromatic carbocycles. The van der Waals surface area contributed by atoms with Gasteiger partial charge in [0.25, 0.3) is 0 Å². The van der Waals surface area contributed by atoms with Crippen LogP contribution in [0.4, 0.5) is 5.82 Å². The summed E-state index contributed by atoms with van der Waals surface area (Å²) in [5.41, 5.74) is 8.10. The summed E-state index contributed by atoms with van der Waals surface area (Å²) in [4.78, 5) is 7.22. The number of aromatic nitrogens is 1. The second-order valence-electron chi connectivity index (χ2n) is 5.40. The minimum atomic E-state index is 0.658. The third-order valence-electron chi connectivity index (χ3n) is 4.15. The van der Waals surface area contributed by atoms with E-state index in [9.17, 15) is 0 Å². The maximum Gasteiger partial charge on any atom is 0.132 e. The first-order valence-corrected chi connectivity index (χ1v) is 7.11. The van der Waals surface area contributed by atoms with Gasteiger partial charge in [0.2, 0.25) is 0 Å². The fourth-order valence-corrected chi connectivity index (χ4v) is 2.74. The molecule has 0 aliphatic heterocycles. The third kappa shape index (κ3) is 2.30. The molecule has 2 N–H and O–H groups in total. The van der Waals surface area contributed by atoms with Gasteiger partial charge < -0.3 is 10.6 Å². The summed E-state index contributed by atoms with van der Waals surface area (Å²) < 4.78 is 0. The van der Waals surface area contributed by atoms with Crippen LogP contribution in [0.1, 0.15) is 24.8 Å². The molecule has 3 nitrogen and oxygen atoms in total. The van der Waals surface area contributed by atoms with E-state index in [4.69, 9.17) is 10.7 Å². The van der Waals surface area contributed by atoms with Crippen molar-refractivity contribution in [3.63, 3.8) is 0 Å². The molecule has 1 aromatic heterocycles. The normalized spacial score (nSPS) is 15.5. The molecule has 1 heterocycles. The van der Waals surface area contributed by atoms with Crippen molar-refractivity contribution in [3.8, 4) is 0 Å². The van der Waals surface area contributed by atoms with E-state index in [-0.39, 0.29) is 0 Å². The summed E-state index contributed by atoms with van der Waals surface area (Å²) in [6.07, 6.45) is 4.80. The Labute approximate surface area is 114 Å². The summed E-state index contributed by atoms with van der Waals surface area (Å²) in [7, 11) is 2.17. The fourth-order valence-electron chi connectivity index (χ4n) is 2.74. The van der Waals surface area contributed by atoms with E-state index in [2.05, 4.69) is 36.2 Å². The molecule has 100 valence electrons. The molecule has 0 spiro atoms. The maximum atomic E-state index is 5.75. The number of nitrogens with zero attached hydrogens (tertiary/aromatic N) is 2. The van der Waals surface area contributed by atoms with Gasteiger partial charge in [0.1, 0.15) is 5.82 Å². The lowest BCUT2D eigenvalue weighted by atomic mass is 9.91. The lowest BCUT2D eigenvalue weighted by Gasteiger charge is -2.36. The average Bonchev–Trinajstić information content (AvgIpc) is 2.36. The highest BCUT2D eigenvalue weighted by Crippen LogP contribution is 2.31. The molecule has 0 radical (unpaired) electrons. The molecule has 1 saturated carbocycles. The molecular weight excluding hydrogens is 234 g/mol. The summed E-state index contributed by atoms with van der Waals surface area (Å²) >= 11 is 0. The highest BCUT2D eigenvalue weighted by Gasteiger charge is 2.24. The predicted molar refractivity (Wildman–Crippen MR) is 80.5 cm³/mol. The predicted octanol–water partition coefficient (Wildman–Crippen LogP) is 2.72. The number of nitrogens with two attached hydrogens (primary N) is 1. The topological polar surface area (TPSA) is 42.2 Å². The second-order valence-corrected chi connectivity index (χ2v) is 5.40. The van der Waals surface area contributed by atoms with Gasteiger partial charge in [-0.05, 0) is 49.9 Å². The SMILES string of the molecule is CN(c1nc2ccccc2cc1CCN)C1CCC1. The molecule has 0 unspecified atom stereocenters. The molecule has 3 rings (SSSR count). The number of pyridine rings is 1. The highest BCUT2D eigenvalue weighted by atomic mass is 15.2. The van der Waals surface area contributed by atoms with Crippen molar-refractivity contribution in [1.29, 1.82) is 0 Å². The first-order chi connectivity index (χ1) is 9.29. The van der Waals surface area contributed by atoms with Crippen LogP contribution in [0.25, 0.3) is 10.9 Å². The van der Waals surface area contributed by atoms with Gasteiger partial charge in [-0.1, -0.05) is 18.2 Å². The fraction of sp³-hybridized carbons (Fsp3) is 0.438. The van der Waals surface area contributed by atoms with E-state index in [1.54, 1.807) is 0 Å². The van der Waals surface area contributed by atoms with Crippen molar-refractivity contribution in [1.82, 2.24) is 4.98 Å². The van der Waals surface area contributed by atoms with Gasteiger partial charge in [0.05, 0.1) is 5.52 Å². The van der Waals surface area contributed by atoms with Crippen LogP contribution in [0.2, 0.25) is 0 Å². The first kappa shape index (κ1) is 12.4. The number of anilines is 1. The van der Waals surface area contributed by atoms with Gasteiger partial charge in [0, 0.05) is 18.5 Å². The van der Waals surface area contributed by atoms with Crippen LogP contribution in [0, 0.1) is 0 Å². The van der Waals surface area contributed by atoms with Crippen molar-refractivity contribution in [2.45, 2.75) is 31.7 Å². The molecule has 3 heteroatoms. The van der Waals surface area contributed by atoms with Crippen LogP contribution in [-0.4, -0.2) is 24.6 Å². The maximum absolute atomic E-state index is 5.75. The van der Waals surface area contributed by atoms with Gasteiger partial charge in [-0.3, -0.25) is 0 Å². The molecule has 1 aliphatic rings. The Balaban J connectivity index is 2.05. The number of para-hydroxylation sites is 1. The van der Waals surface area contributed by atoms with E-state index in [0.717, 1.165) is 17.8 Å². The van der Waals surface area contributed by atoms with E-state index in [0.29, 0.717) is 12.6 Å². The van der Waals surface area contributed by atoms with Crippen molar-refractivity contribution < 1.29 is 0 Å². The minimum absolute atomic E-state index is 0.658. The molecule has 0 amide bonds. The molecule has 2 aromatic rings. The van der Waals surface area contributed by atoms with E-state index < -0.39 is 0 Å².